The molecule has 4 nitrogen and oxygen atoms in total. The summed E-state index contributed by atoms with van der Waals surface area (Å²) in [4.78, 5) is 28.5. The monoisotopic (exact) mass is 370 g/mol. The van der Waals surface area contributed by atoms with Gasteiger partial charge in [0.25, 0.3) is 5.91 Å². The van der Waals surface area contributed by atoms with Crippen LogP contribution in [-0.4, -0.2) is 30.3 Å². The molecule has 0 atom stereocenters. The van der Waals surface area contributed by atoms with Crippen LogP contribution in [0.2, 0.25) is 0 Å². The molecule has 1 N–H and O–H groups in total. The molecule has 1 heterocycles. The maximum Gasteiger partial charge on any atom is 0.261 e. The first-order chi connectivity index (χ1) is 12.6. The lowest BCUT2D eigenvalue weighted by Gasteiger charge is -2.17. The van der Waals surface area contributed by atoms with Gasteiger partial charge in [-0.05, 0) is 42.9 Å². The van der Waals surface area contributed by atoms with Crippen LogP contribution in [0.25, 0.3) is 0 Å². The fraction of sp³-hybridized carbons (Fsp3) is 0.429. The van der Waals surface area contributed by atoms with Crippen molar-refractivity contribution in [2.24, 2.45) is 0 Å². The highest BCUT2D eigenvalue weighted by molar-refractivity contribution is 7.14. The van der Waals surface area contributed by atoms with Crippen molar-refractivity contribution in [2.45, 2.75) is 45.1 Å². The van der Waals surface area contributed by atoms with E-state index in [1.165, 1.54) is 29.7 Å². The number of rotatable bonds is 6. The van der Waals surface area contributed by atoms with E-state index < -0.39 is 0 Å². The Kier molecular flexibility index (Phi) is 6.45. The SMILES string of the molecule is CN(Cc1ccccc1)C(=O)CCNC(=O)c1cc2c(s1)CCCCC2. The van der Waals surface area contributed by atoms with Crippen molar-refractivity contribution in [3.05, 3.63) is 57.3 Å². The van der Waals surface area contributed by atoms with Crippen LogP contribution in [0, 0.1) is 0 Å². The summed E-state index contributed by atoms with van der Waals surface area (Å²) in [6.07, 6.45) is 6.21. The number of fused-ring (bicyclic) bond motifs is 1. The lowest BCUT2D eigenvalue weighted by molar-refractivity contribution is -0.130. The van der Waals surface area contributed by atoms with Gasteiger partial charge in [0, 0.05) is 31.4 Å². The van der Waals surface area contributed by atoms with Crippen molar-refractivity contribution in [3.63, 3.8) is 0 Å². The van der Waals surface area contributed by atoms with Crippen molar-refractivity contribution >= 4 is 23.2 Å². The molecule has 1 aromatic heterocycles. The van der Waals surface area contributed by atoms with Crippen molar-refractivity contribution < 1.29 is 9.59 Å². The molecule has 5 heteroatoms. The van der Waals surface area contributed by atoms with Gasteiger partial charge < -0.3 is 10.2 Å². The second-order valence-electron chi connectivity index (χ2n) is 6.86. The average molecular weight is 371 g/mol. The summed E-state index contributed by atoms with van der Waals surface area (Å²) in [5.41, 5.74) is 2.45. The molecule has 0 radical (unpaired) electrons. The predicted octanol–water partition coefficient (Wildman–Crippen LogP) is 3.80. The van der Waals surface area contributed by atoms with Crippen LogP contribution in [0.15, 0.2) is 36.4 Å². The Hall–Kier alpha value is -2.14. The van der Waals surface area contributed by atoms with Crippen molar-refractivity contribution in [1.82, 2.24) is 10.2 Å². The normalized spacial score (nSPS) is 13.6. The molecule has 3 rings (SSSR count). The number of hydrogen-bond acceptors (Lipinski definition) is 3. The topological polar surface area (TPSA) is 49.4 Å². The Morgan fingerprint density at radius 2 is 1.88 bits per heavy atom. The Morgan fingerprint density at radius 1 is 1.12 bits per heavy atom. The third-order valence-corrected chi connectivity index (χ3v) is 6.02. The van der Waals surface area contributed by atoms with Gasteiger partial charge in [0.15, 0.2) is 0 Å². The Labute approximate surface area is 159 Å². The molecule has 0 aliphatic heterocycles. The lowest BCUT2D eigenvalue weighted by atomic mass is 10.1. The summed E-state index contributed by atoms with van der Waals surface area (Å²) in [7, 11) is 1.80. The standard InChI is InChI=1S/C21H26N2O2S/c1-23(15-16-8-4-2-5-9-16)20(24)12-13-22-21(25)19-14-17-10-6-3-7-11-18(17)26-19/h2,4-5,8-9,14H,3,6-7,10-13,15H2,1H3,(H,22,25). The number of nitrogens with one attached hydrogen (secondary N) is 1. The van der Waals surface area contributed by atoms with E-state index in [9.17, 15) is 9.59 Å². The van der Waals surface area contributed by atoms with E-state index in [1.807, 2.05) is 36.4 Å². The summed E-state index contributed by atoms with van der Waals surface area (Å²) in [6.45, 7) is 0.963. The van der Waals surface area contributed by atoms with E-state index >= 15 is 0 Å². The van der Waals surface area contributed by atoms with Gasteiger partial charge >= 0.3 is 0 Å². The molecule has 2 aromatic rings. The first-order valence-corrected chi connectivity index (χ1v) is 10.1. The fourth-order valence-electron chi connectivity index (χ4n) is 3.29. The second-order valence-corrected chi connectivity index (χ2v) is 8.00. The van der Waals surface area contributed by atoms with Crippen LogP contribution >= 0.6 is 11.3 Å². The number of carbonyl (C=O) groups excluding carboxylic acids is 2. The summed E-state index contributed by atoms with van der Waals surface area (Å²) in [5.74, 6) is -0.0160. The highest BCUT2D eigenvalue weighted by Gasteiger charge is 2.17. The predicted molar refractivity (Wildman–Crippen MR) is 105 cm³/mol. The number of aryl methyl sites for hydroxylation is 2. The molecule has 1 aliphatic rings. The van der Waals surface area contributed by atoms with Crippen LogP contribution in [0.1, 0.15) is 51.4 Å². The van der Waals surface area contributed by atoms with E-state index in [0.29, 0.717) is 19.5 Å². The molecule has 0 saturated heterocycles. The minimum absolute atomic E-state index is 0.0381. The lowest BCUT2D eigenvalue weighted by Crippen LogP contribution is -2.31. The van der Waals surface area contributed by atoms with E-state index in [-0.39, 0.29) is 11.8 Å². The minimum Gasteiger partial charge on any atom is -0.351 e. The van der Waals surface area contributed by atoms with Crippen LogP contribution < -0.4 is 5.32 Å². The molecule has 138 valence electrons. The Morgan fingerprint density at radius 3 is 2.69 bits per heavy atom. The first kappa shape index (κ1) is 18.6. The molecule has 0 spiro atoms. The molecule has 0 unspecified atom stereocenters. The van der Waals surface area contributed by atoms with E-state index in [2.05, 4.69) is 5.32 Å². The molecule has 0 saturated carbocycles. The van der Waals surface area contributed by atoms with Gasteiger partial charge in [0.2, 0.25) is 5.91 Å². The molecule has 0 bridgehead atoms. The number of thiophene rings is 1. The van der Waals surface area contributed by atoms with Gasteiger partial charge in [0.05, 0.1) is 4.88 Å². The van der Waals surface area contributed by atoms with E-state index in [1.54, 1.807) is 23.3 Å². The van der Waals surface area contributed by atoms with E-state index in [0.717, 1.165) is 23.3 Å². The van der Waals surface area contributed by atoms with Crippen molar-refractivity contribution in [1.29, 1.82) is 0 Å². The van der Waals surface area contributed by atoms with Crippen LogP contribution in [0.4, 0.5) is 0 Å². The maximum atomic E-state index is 12.4. The summed E-state index contributed by atoms with van der Waals surface area (Å²) >= 11 is 1.62. The molecular weight excluding hydrogens is 344 g/mol. The zero-order valence-corrected chi connectivity index (χ0v) is 16.1. The van der Waals surface area contributed by atoms with Gasteiger partial charge in [-0.1, -0.05) is 36.8 Å². The van der Waals surface area contributed by atoms with E-state index in [4.69, 9.17) is 0 Å². The van der Waals surface area contributed by atoms with Gasteiger partial charge in [-0.25, -0.2) is 0 Å². The summed E-state index contributed by atoms with van der Waals surface area (Å²) < 4.78 is 0. The molecular formula is C21H26N2O2S. The van der Waals surface area contributed by atoms with Crippen molar-refractivity contribution in [2.75, 3.05) is 13.6 Å². The number of carbonyl (C=O) groups is 2. The molecule has 1 aromatic carbocycles. The van der Waals surface area contributed by atoms with Crippen molar-refractivity contribution in [3.8, 4) is 0 Å². The number of hydrogen-bond donors (Lipinski definition) is 1. The Balaban J connectivity index is 1.45. The van der Waals surface area contributed by atoms with Gasteiger partial charge in [-0.2, -0.15) is 0 Å². The number of nitrogens with zero attached hydrogens (tertiary/aromatic N) is 1. The second kappa shape index (κ2) is 8.99. The fourth-order valence-corrected chi connectivity index (χ4v) is 4.46. The summed E-state index contributed by atoms with van der Waals surface area (Å²) in [5, 5.41) is 2.90. The third-order valence-electron chi connectivity index (χ3n) is 4.78. The number of benzene rings is 1. The van der Waals surface area contributed by atoms with Crippen LogP contribution in [-0.2, 0) is 24.2 Å². The molecule has 1 aliphatic carbocycles. The first-order valence-electron chi connectivity index (χ1n) is 9.31. The smallest absolute Gasteiger partial charge is 0.261 e. The molecule has 0 fully saturated rings. The van der Waals surface area contributed by atoms with Gasteiger partial charge in [-0.15, -0.1) is 11.3 Å². The van der Waals surface area contributed by atoms with Crippen LogP contribution in [0.3, 0.4) is 0 Å². The Bertz CT molecular complexity index is 731. The van der Waals surface area contributed by atoms with Gasteiger partial charge in [0.1, 0.15) is 0 Å². The minimum atomic E-state index is -0.0541. The average Bonchev–Trinajstić information content (AvgIpc) is 2.93. The maximum absolute atomic E-state index is 12.4. The number of amides is 2. The zero-order chi connectivity index (χ0) is 18.4. The van der Waals surface area contributed by atoms with Gasteiger partial charge in [-0.3, -0.25) is 9.59 Å². The summed E-state index contributed by atoms with van der Waals surface area (Å²) in [6, 6.07) is 12.0. The zero-order valence-electron chi connectivity index (χ0n) is 15.3. The molecule has 2 amide bonds. The molecule has 26 heavy (non-hydrogen) atoms. The largest absolute Gasteiger partial charge is 0.351 e. The quantitative estimate of drug-likeness (QED) is 0.787. The third kappa shape index (κ3) is 4.94. The van der Waals surface area contributed by atoms with Crippen LogP contribution in [0.5, 0.6) is 0 Å². The highest BCUT2D eigenvalue weighted by atomic mass is 32.1. The highest BCUT2D eigenvalue weighted by Crippen LogP contribution is 2.28.